The SMILES string of the molecule is CC(=O)N1C[C@H](C(N)=O)[C@@H](c2ccc(CN(C)Cc3ccc(N4CCCC4)cc3C)cc2)C1. The molecule has 176 valence electrons. The Hall–Kier alpha value is -2.86. The highest BCUT2D eigenvalue weighted by Gasteiger charge is 2.38. The highest BCUT2D eigenvalue weighted by atomic mass is 16.2. The molecule has 2 atom stereocenters. The third-order valence-electron chi connectivity index (χ3n) is 7.23. The summed E-state index contributed by atoms with van der Waals surface area (Å²) < 4.78 is 0. The fourth-order valence-corrected chi connectivity index (χ4v) is 5.25. The van der Waals surface area contributed by atoms with Gasteiger partial charge in [0.2, 0.25) is 11.8 Å². The molecule has 0 saturated carbocycles. The normalized spacial score (nSPS) is 20.6. The molecule has 0 unspecified atom stereocenters. The molecular formula is C27H36N4O2. The molecule has 0 aromatic heterocycles. The zero-order chi connectivity index (χ0) is 23.5. The quantitative estimate of drug-likeness (QED) is 0.706. The first kappa shape index (κ1) is 23.3. The molecule has 0 radical (unpaired) electrons. The Bertz CT molecular complexity index is 998. The average Bonchev–Trinajstić information content (AvgIpc) is 3.46. The van der Waals surface area contributed by atoms with Crippen LogP contribution in [-0.4, -0.2) is 54.8 Å². The highest BCUT2D eigenvalue weighted by Crippen LogP contribution is 2.33. The van der Waals surface area contributed by atoms with Gasteiger partial charge in [-0.2, -0.15) is 0 Å². The van der Waals surface area contributed by atoms with Gasteiger partial charge in [-0.15, -0.1) is 0 Å². The van der Waals surface area contributed by atoms with E-state index in [2.05, 4.69) is 66.2 Å². The summed E-state index contributed by atoms with van der Waals surface area (Å²) in [7, 11) is 2.15. The Kier molecular flexibility index (Phi) is 7.03. The van der Waals surface area contributed by atoms with E-state index >= 15 is 0 Å². The zero-order valence-electron chi connectivity index (χ0n) is 20.1. The molecule has 2 aromatic carbocycles. The predicted molar refractivity (Wildman–Crippen MR) is 132 cm³/mol. The van der Waals surface area contributed by atoms with Crippen LogP contribution in [0.3, 0.4) is 0 Å². The summed E-state index contributed by atoms with van der Waals surface area (Å²) in [4.78, 5) is 30.3. The van der Waals surface area contributed by atoms with Crippen molar-refractivity contribution in [3.05, 3.63) is 64.7 Å². The number of carbonyl (C=O) groups is 2. The Labute approximate surface area is 197 Å². The van der Waals surface area contributed by atoms with Crippen LogP contribution in [-0.2, 0) is 22.7 Å². The lowest BCUT2D eigenvalue weighted by Crippen LogP contribution is -2.30. The van der Waals surface area contributed by atoms with Gasteiger partial charge in [-0.3, -0.25) is 14.5 Å². The largest absolute Gasteiger partial charge is 0.372 e. The summed E-state index contributed by atoms with van der Waals surface area (Å²) in [6, 6.07) is 15.3. The smallest absolute Gasteiger partial charge is 0.223 e. The van der Waals surface area contributed by atoms with Crippen molar-refractivity contribution in [1.29, 1.82) is 0 Å². The van der Waals surface area contributed by atoms with Crippen LogP contribution in [0.1, 0.15) is 47.9 Å². The summed E-state index contributed by atoms with van der Waals surface area (Å²) in [5, 5.41) is 0. The predicted octanol–water partition coefficient (Wildman–Crippen LogP) is 3.27. The molecule has 0 spiro atoms. The van der Waals surface area contributed by atoms with Gasteiger partial charge in [-0.25, -0.2) is 0 Å². The maximum Gasteiger partial charge on any atom is 0.223 e. The summed E-state index contributed by atoms with van der Waals surface area (Å²) in [5.41, 5.74) is 12.0. The monoisotopic (exact) mass is 448 g/mol. The number of carbonyl (C=O) groups excluding carboxylic acids is 2. The lowest BCUT2D eigenvalue weighted by molar-refractivity contribution is -0.128. The molecule has 2 amide bonds. The minimum atomic E-state index is -0.335. The van der Waals surface area contributed by atoms with Crippen molar-refractivity contribution in [3.8, 4) is 0 Å². The maximum atomic E-state index is 11.9. The highest BCUT2D eigenvalue weighted by molar-refractivity contribution is 5.81. The first-order chi connectivity index (χ1) is 15.8. The second-order valence-corrected chi connectivity index (χ2v) is 9.76. The van der Waals surface area contributed by atoms with E-state index in [1.807, 2.05) is 0 Å². The zero-order valence-corrected chi connectivity index (χ0v) is 20.1. The third kappa shape index (κ3) is 5.38. The minimum Gasteiger partial charge on any atom is -0.372 e. The molecule has 0 aliphatic carbocycles. The first-order valence-corrected chi connectivity index (χ1v) is 12.0. The van der Waals surface area contributed by atoms with E-state index in [1.54, 1.807) is 11.8 Å². The van der Waals surface area contributed by atoms with Crippen LogP contribution in [0.25, 0.3) is 0 Å². The molecule has 2 aliphatic rings. The van der Waals surface area contributed by atoms with E-state index < -0.39 is 0 Å². The van der Waals surface area contributed by atoms with Crippen molar-refractivity contribution >= 4 is 17.5 Å². The number of hydrogen-bond acceptors (Lipinski definition) is 4. The summed E-state index contributed by atoms with van der Waals surface area (Å²) in [6.45, 7) is 8.79. The Morgan fingerprint density at radius 2 is 1.73 bits per heavy atom. The van der Waals surface area contributed by atoms with E-state index in [-0.39, 0.29) is 23.7 Å². The number of anilines is 1. The van der Waals surface area contributed by atoms with Crippen molar-refractivity contribution in [1.82, 2.24) is 9.80 Å². The van der Waals surface area contributed by atoms with Gasteiger partial charge in [0.25, 0.3) is 0 Å². The molecule has 2 N–H and O–H groups in total. The standard InChI is InChI=1S/C27H36N4O2/c1-19-14-24(30-12-4-5-13-30)11-10-23(19)16-29(3)15-21-6-8-22(9-7-21)25-17-31(20(2)32)18-26(25)27(28)33/h6-11,14,25-26H,4-5,12-13,15-18H2,1-3H3,(H2,28,33)/t25-,26+/m1/s1. The lowest BCUT2D eigenvalue weighted by atomic mass is 9.88. The molecule has 2 heterocycles. The molecule has 0 bridgehead atoms. The van der Waals surface area contributed by atoms with Crippen molar-refractivity contribution in [3.63, 3.8) is 0 Å². The second-order valence-electron chi connectivity index (χ2n) is 9.76. The molecule has 33 heavy (non-hydrogen) atoms. The van der Waals surface area contributed by atoms with Gasteiger partial charge < -0.3 is 15.5 Å². The number of primary amides is 1. The Balaban J connectivity index is 1.38. The summed E-state index contributed by atoms with van der Waals surface area (Å²) in [5.74, 6) is -0.701. The van der Waals surface area contributed by atoms with Crippen molar-refractivity contribution in [2.45, 2.75) is 45.7 Å². The molecule has 2 aliphatic heterocycles. The molecule has 6 heteroatoms. The summed E-state index contributed by atoms with van der Waals surface area (Å²) >= 11 is 0. The topological polar surface area (TPSA) is 69.9 Å². The van der Waals surface area contributed by atoms with Crippen molar-refractivity contribution < 1.29 is 9.59 Å². The number of amides is 2. The molecule has 2 fully saturated rings. The lowest BCUT2D eigenvalue weighted by Gasteiger charge is -2.22. The Morgan fingerprint density at radius 1 is 1.03 bits per heavy atom. The fourth-order valence-electron chi connectivity index (χ4n) is 5.25. The third-order valence-corrected chi connectivity index (χ3v) is 7.23. The van der Waals surface area contributed by atoms with E-state index in [1.165, 1.54) is 48.3 Å². The van der Waals surface area contributed by atoms with Crippen LogP contribution >= 0.6 is 0 Å². The van der Waals surface area contributed by atoms with Crippen LogP contribution in [0.5, 0.6) is 0 Å². The molecule has 6 nitrogen and oxygen atoms in total. The second kappa shape index (κ2) is 9.96. The van der Waals surface area contributed by atoms with E-state index in [4.69, 9.17) is 5.73 Å². The number of nitrogens with zero attached hydrogens (tertiary/aromatic N) is 3. The molecule has 4 rings (SSSR count). The van der Waals surface area contributed by atoms with Gasteiger partial charge in [0.05, 0.1) is 5.92 Å². The van der Waals surface area contributed by atoms with Gasteiger partial charge >= 0.3 is 0 Å². The van der Waals surface area contributed by atoms with Crippen LogP contribution in [0, 0.1) is 12.8 Å². The van der Waals surface area contributed by atoms with Crippen LogP contribution in [0.15, 0.2) is 42.5 Å². The summed E-state index contributed by atoms with van der Waals surface area (Å²) in [6.07, 6.45) is 2.59. The van der Waals surface area contributed by atoms with Crippen LogP contribution < -0.4 is 10.6 Å². The molecule has 2 aromatic rings. The number of benzene rings is 2. The molecular weight excluding hydrogens is 412 g/mol. The van der Waals surface area contributed by atoms with E-state index in [0.717, 1.165) is 18.7 Å². The maximum absolute atomic E-state index is 11.9. The Morgan fingerprint density at radius 3 is 2.33 bits per heavy atom. The average molecular weight is 449 g/mol. The molecule has 2 saturated heterocycles. The van der Waals surface area contributed by atoms with Crippen molar-refractivity contribution in [2.24, 2.45) is 11.7 Å². The van der Waals surface area contributed by atoms with Gasteiger partial charge in [-0.1, -0.05) is 30.3 Å². The minimum absolute atomic E-state index is 0.00856. The van der Waals surface area contributed by atoms with E-state index in [0.29, 0.717) is 13.1 Å². The van der Waals surface area contributed by atoms with Crippen molar-refractivity contribution in [2.75, 3.05) is 38.1 Å². The number of likely N-dealkylation sites (tertiary alicyclic amines) is 1. The fraction of sp³-hybridized carbons (Fsp3) is 0.481. The van der Waals surface area contributed by atoms with Gasteiger partial charge in [0, 0.05) is 57.8 Å². The first-order valence-electron chi connectivity index (χ1n) is 12.0. The number of rotatable bonds is 7. The van der Waals surface area contributed by atoms with Gasteiger partial charge in [0.1, 0.15) is 0 Å². The van der Waals surface area contributed by atoms with Gasteiger partial charge in [-0.05, 0) is 61.2 Å². The number of aryl methyl sites for hydroxylation is 1. The number of hydrogen-bond donors (Lipinski definition) is 1. The van der Waals surface area contributed by atoms with Crippen LogP contribution in [0.2, 0.25) is 0 Å². The van der Waals surface area contributed by atoms with Gasteiger partial charge in [0.15, 0.2) is 0 Å². The van der Waals surface area contributed by atoms with E-state index in [9.17, 15) is 9.59 Å². The van der Waals surface area contributed by atoms with Crippen LogP contribution in [0.4, 0.5) is 5.69 Å². The number of nitrogens with two attached hydrogens (primary N) is 1.